The van der Waals surface area contributed by atoms with Crippen LogP contribution >= 0.6 is 0 Å². The van der Waals surface area contributed by atoms with Crippen molar-refractivity contribution in [1.29, 1.82) is 0 Å². The SMILES string of the molecule is N[C@H]1CCN(c2cccc3c2cnn3-c2ccc(F)nc2)C1. The van der Waals surface area contributed by atoms with Gasteiger partial charge in [0.05, 0.1) is 23.6 Å². The molecule has 1 saturated heterocycles. The molecule has 0 amide bonds. The Balaban J connectivity index is 1.81. The molecule has 1 aliphatic heterocycles. The van der Waals surface area contributed by atoms with Crippen LogP contribution in [-0.2, 0) is 0 Å². The molecule has 1 aromatic carbocycles. The predicted molar refractivity (Wildman–Crippen MR) is 83.6 cm³/mol. The fourth-order valence-corrected chi connectivity index (χ4v) is 3.02. The summed E-state index contributed by atoms with van der Waals surface area (Å²) in [5.41, 5.74) is 8.88. The summed E-state index contributed by atoms with van der Waals surface area (Å²) in [5.74, 6) is -0.494. The summed E-state index contributed by atoms with van der Waals surface area (Å²) in [7, 11) is 0. The Hall–Kier alpha value is -2.47. The molecule has 0 bridgehead atoms. The van der Waals surface area contributed by atoms with Crippen molar-refractivity contribution in [2.24, 2.45) is 5.73 Å². The Morgan fingerprint density at radius 3 is 2.82 bits per heavy atom. The standard InChI is InChI=1S/C16H16FN5/c17-16-5-4-12(8-19-16)22-15-3-1-2-14(13(15)9-20-22)21-7-6-11(18)10-21/h1-5,8-9,11H,6-7,10,18H2/t11-/m0/s1. The summed E-state index contributed by atoms with van der Waals surface area (Å²) in [6.45, 7) is 1.83. The Morgan fingerprint density at radius 2 is 2.09 bits per heavy atom. The third kappa shape index (κ3) is 2.12. The van der Waals surface area contributed by atoms with Gasteiger partial charge in [-0.3, -0.25) is 0 Å². The van der Waals surface area contributed by atoms with Crippen molar-refractivity contribution in [2.45, 2.75) is 12.5 Å². The van der Waals surface area contributed by atoms with Crippen LogP contribution < -0.4 is 10.6 Å². The highest BCUT2D eigenvalue weighted by atomic mass is 19.1. The van der Waals surface area contributed by atoms with Gasteiger partial charge in [0.2, 0.25) is 5.95 Å². The average Bonchev–Trinajstić information content (AvgIpc) is 3.14. The zero-order valence-electron chi connectivity index (χ0n) is 12.0. The van der Waals surface area contributed by atoms with E-state index < -0.39 is 5.95 Å². The van der Waals surface area contributed by atoms with Gasteiger partial charge in [-0.15, -0.1) is 0 Å². The van der Waals surface area contributed by atoms with E-state index in [0.717, 1.165) is 41.8 Å². The smallest absolute Gasteiger partial charge is 0.212 e. The molecule has 3 heterocycles. The molecule has 1 aliphatic rings. The van der Waals surface area contributed by atoms with Gasteiger partial charge in [-0.05, 0) is 30.7 Å². The normalized spacial score (nSPS) is 18.3. The Labute approximate surface area is 127 Å². The number of aromatic nitrogens is 3. The van der Waals surface area contributed by atoms with Gasteiger partial charge in [-0.1, -0.05) is 6.07 Å². The van der Waals surface area contributed by atoms with E-state index >= 15 is 0 Å². The summed E-state index contributed by atoms with van der Waals surface area (Å²) in [6.07, 6.45) is 4.34. The second kappa shape index (κ2) is 5.06. The summed E-state index contributed by atoms with van der Waals surface area (Å²) >= 11 is 0. The van der Waals surface area contributed by atoms with Crippen LogP contribution in [0.5, 0.6) is 0 Å². The molecule has 0 aliphatic carbocycles. The van der Waals surface area contributed by atoms with Crippen LogP contribution in [0.1, 0.15) is 6.42 Å². The number of benzene rings is 1. The zero-order valence-corrected chi connectivity index (χ0v) is 12.0. The monoisotopic (exact) mass is 297 g/mol. The van der Waals surface area contributed by atoms with Crippen LogP contribution in [-0.4, -0.2) is 33.9 Å². The molecule has 1 fully saturated rings. The molecule has 0 saturated carbocycles. The fraction of sp³-hybridized carbons (Fsp3) is 0.250. The number of hydrogen-bond donors (Lipinski definition) is 1. The Bertz CT molecular complexity index is 811. The number of pyridine rings is 1. The van der Waals surface area contributed by atoms with Crippen molar-refractivity contribution in [2.75, 3.05) is 18.0 Å². The number of hydrogen-bond acceptors (Lipinski definition) is 4. The zero-order chi connectivity index (χ0) is 15.1. The van der Waals surface area contributed by atoms with Crippen molar-refractivity contribution >= 4 is 16.6 Å². The highest BCUT2D eigenvalue weighted by molar-refractivity contribution is 5.92. The number of anilines is 1. The molecule has 0 radical (unpaired) electrons. The lowest BCUT2D eigenvalue weighted by Crippen LogP contribution is -2.26. The quantitative estimate of drug-likeness (QED) is 0.736. The van der Waals surface area contributed by atoms with E-state index in [9.17, 15) is 4.39 Å². The molecule has 22 heavy (non-hydrogen) atoms. The van der Waals surface area contributed by atoms with E-state index in [-0.39, 0.29) is 6.04 Å². The molecule has 0 unspecified atom stereocenters. The maximum absolute atomic E-state index is 13.0. The lowest BCUT2D eigenvalue weighted by molar-refractivity contribution is 0.582. The summed E-state index contributed by atoms with van der Waals surface area (Å²) in [4.78, 5) is 5.99. The summed E-state index contributed by atoms with van der Waals surface area (Å²) in [5, 5.41) is 5.51. The van der Waals surface area contributed by atoms with E-state index in [2.05, 4.69) is 21.0 Å². The maximum atomic E-state index is 13.0. The van der Waals surface area contributed by atoms with Crippen molar-refractivity contribution < 1.29 is 4.39 Å². The van der Waals surface area contributed by atoms with Gasteiger partial charge in [0, 0.05) is 30.2 Å². The van der Waals surface area contributed by atoms with E-state index in [1.165, 1.54) is 12.3 Å². The number of halogens is 1. The topological polar surface area (TPSA) is 60.0 Å². The third-order valence-corrected chi connectivity index (χ3v) is 4.11. The van der Waals surface area contributed by atoms with Gasteiger partial charge in [0.25, 0.3) is 0 Å². The van der Waals surface area contributed by atoms with Crippen LogP contribution in [0.25, 0.3) is 16.6 Å². The molecule has 4 rings (SSSR count). The third-order valence-electron chi connectivity index (χ3n) is 4.11. The summed E-state index contributed by atoms with van der Waals surface area (Å²) in [6, 6.07) is 9.35. The minimum absolute atomic E-state index is 0.228. The van der Waals surface area contributed by atoms with Gasteiger partial charge in [0.1, 0.15) is 0 Å². The Morgan fingerprint density at radius 1 is 1.18 bits per heavy atom. The van der Waals surface area contributed by atoms with Crippen LogP contribution in [0.15, 0.2) is 42.7 Å². The first-order valence-corrected chi connectivity index (χ1v) is 7.31. The second-order valence-electron chi connectivity index (χ2n) is 5.60. The second-order valence-corrected chi connectivity index (χ2v) is 5.60. The molecular formula is C16H16FN5. The molecule has 5 nitrogen and oxygen atoms in total. The van der Waals surface area contributed by atoms with Crippen molar-refractivity contribution in [3.63, 3.8) is 0 Å². The molecule has 6 heteroatoms. The number of nitrogens with zero attached hydrogens (tertiary/aromatic N) is 4. The fourth-order valence-electron chi connectivity index (χ4n) is 3.02. The number of rotatable bonds is 2. The van der Waals surface area contributed by atoms with Crippen LogP contribution in [0, 0.1) is 5.95 Å². The van der Waals surface area contributed by atoms with E-state index in [0.29, 0.717) is 0 Å². The molecule has 3 aromatic rings. The van der Waals surface area contributed by atoms with E-state index in [1.807, 2.05) is 18.3 Å². The molecule has 0 spiro atoms. The highest BCUT2D eigenvalue weighted by Crippen LogP contribution is 2.30. The minimum Gasteiger partial charge on any atom is -0.369 e. The van der Waals surface area contributed by atoms with Gasteiger partial charge in [-0.2, -0.15) is 9.49 Å². The van der Waals surface area contributed by atoms with Crippen LogP contribution in [0.4, 0.5) is 10.1 Å². The minimum atomic E-state index is -0.494. The van der Waals surface area contributed by atoms with Crippen LogP contribution in [0.2, 0.25) is 0 Å². The van der Waals surface area contributed by atoms with E-state index in [4.69, 9.17) is 5.73 Å². The predicted octanol–water partition coefficient (Wildman–Crippen LogP) is 2.10. The molecule has 112 valence electrons. The van der Waals surface area contributed by atoms with Gasteiger partial charge in [-0.25, -0.2) is 9.67 Å². The van der Waals surface area contributed by atoms with Crippen molar-refractivity contribution in [3.8, 4) is 5.69 Å². The van der Waals surface area contributed by atoms with Gasteiger partial charge >= 0.3 is 0 Å². The molecule has 2 N–H and O–H groups in total. The lowest BCUT2D eigenvalue weighted by atomic mass is 10.2. The largest absolute Gasteiger partial charge is 0.369 e. The van der Waals surface area contributed by atoms with E-state index in [1.54, 1.807) is 10.7 Å². The average molecular weight is 297 g/mol. The van der Waals surface area contributed by atoms with Crippen molar-refractivity contribution in [3.05, 3.63) is 48.7 Å². The molecule has 2 aromatic heterocycles. The van der Waals surface area contributed by atoms with Crippen molar-refractivity contribution in [1.82, 2.24) is 14.8 Å². The molecular weight excluding hydrogens is 281 g/mol. The first kappa shape index (κ1) is 13.2. The number of fused-ring (bicyclic) bond motifs is 1. The van der Waals surface area contributed by atoms with Gasteiger partial charge in [0.15, 0.2) is 0 Å². The first-order chi connectivity index (χ1) is 10.7. The van der Waals surface area contributed by atoms with Gasteiger partial charge < -0.3 is 10.6 Å². The Kier molecular flexibility index (Phi) is 3.04. The van der Waals surface area contributed by atoms with Crippen LogP contribution in [0.3, 0.4) is 0 Å². The maximum Gasteiger partial charge on any atom is 0.212 e. The first-order valence-electron chi connectivity index (χ1n) is 7.31. The highest BCUT2D eigenvalue weighted by Gasteiger charge is 2.21. The molecule has 1 atom stereocenters. The lowest BCUT2D eigenvalue weighted by Gasteiger charge is -2.19. The summed E-state index contributed by atoms with van der Waals surface area (Å²) < 4.78 is 14.8. The number of nitrogens with two attached hydrogens (primary N) is 1.